The molecule has 0 spiro atoms. The van der Waals surface area contributed by atoms with Gasteiger partial charge in [-0.1, -0.05) is 18.5 Å². The minimum absolute atomic E-state index is 0.544. The molecular weight excluding hydrogens is 199 g/mol. The van der Waals surface area contributed by atoms with E-state index in [0.717, 1.165) is 10.8 Å². The first-order valence-electron chi connectivity index (χ1n) is 3.51. The summed E-state index contributed by atoms with van der Waals surface area (Å²) in [5.74, 6) is 1.26. The van der Waals surface area contributed by atoms with Gasteiger partial charge in [-0.25, -0.2) is 0 Å². The van der Waals surface area contributed by atoms with Crippen LogP contribution in [-0.2, 0) is 6.42 Å². The molecule has 0 nitrogen and oxygen atoms in total. The average molecular weight is 209 g/mol. The summed E-state index contributed by atoms with van der Waals surface area (Å²) in [6.45, 7) is 2.14. The summed E-state index contributed by atoms with van der Waals surface area (Å²) in [5, 5.41) is 2.09. The first kappa shape index (κ1) is 9.37. The van der Waals surface area contributed by atoms with E-state index >= 15 is 0 Å². The smallest absolute Gasteiger partial charge is 0.0931 e. The summed E-state index contributed by atoms with van der Waals surface area (Å²) in [6.07, 6.45) is 1.03. The molecule has 0 saturated heterocycles. The summed E-state index contributed by atoms with van der Waals surface area (Å²) in [6, 6.07) is 2.01. The van der Waals surface area contributed by atoms with Crippen LogP contribution in [0.4, 0.5) is 0 Å². The standard InChI is InChI=1S/C8H10Cl2S/c1-6(4-9)2-7-3-8(10)11-5-7/h3,5-6H,2,4H2,1H3. The maximum atomic E-state index is 5.77. The van der Waals surface area contributed by atoms with Crippen LogP contribution in [0.15, 0.2) is 11.4 Å². The van der Waals surface area contributed by atoms with Crippen LogP contribution in [0.1, 0.15) is 12.5 Å². The molecule has 3 heteroatoms. The van der Waals surface area contributed by atoms with Crippen molar-refractivity contribution >= 4 is 34.5 Å². The molecule has 62 valence electrons. The first-order valence-corrected chi connectivity index (χ1v) is 5.30. The third kappa shape index (κ3) is 3.02. The molecule has 0 fully saturated rings. The largest absolute Gasteiger partial charge is 0.132 e. The van der Waals surface area contributed by atoms with Crippen LogP contribution in [0.5, 0.6) is 0 Å². The van der Waals surface area contributed by atoms with Crippen molar-refractivity contribution < 1.29 is 0 Å². The Morgan fingerprint density at radius 2 is 2.36 bits per heavy atom. The Bertz CT molecular complexity index is 220. The fourth-order valence-corrected chi connectivity index (χ4v) is 1.94. The molecular formula is C8H10Cl2S. The number of halogens is 2. The lowest BCUT2D eigenvalue weighted by atomic mass is 10.1. The molecule has 0 N–H and O–H groups in total. The normalized spacial score (nSPS) is 13.4. The van der Waals surface area contributed by atoms with E-state index < -0.39 is 0 Å². The van der Waals surface area contributed by atoms with E-state index in [1.807, 2.05) is 6.07 Å². The van der Waals surface area contributed by atoms with Gasteiger partial charge < -0.3 is 0 Å². The van der Waals surface area contributed by atoms with Crippen molar-refractivity contribution in [2.45, 2.75) is 13.3 Å². The van der Waals surface area contributed by atoms with E-state index in [1.165, 1.54) is 5.56 Å². The highest BCUT2D eigenvalue weighted by Crippen LogP contribution is 2.22. The predicted molar refractivity (Wildman–Crippen MR) is 52.9 cm³/mol. The van der Waals surface area contributed by atoms with Crippen LogP contribution in [0.25, 0.3) is 0 Å². The zero-order valence-corrected chi connectivity index (χ0v) is 8.64. The minimum Gasteiger partial charge on any atom is -0.132 e. The number of rotatable bonds is 3. The first-order chi connectivity index (χ1) is 5.22. The van der Waals surface area contributed by atoms with Crippen molar-refractivity contribution in [3.63, 3.8) is 0 Å². The lowest BCUT2D eigenvalue weighted by Gasteiger charge is -2.03. The molecule has 1 aromatic heterocycles. The Hall–Kier alpha value is 0.280. The molecule has 1 atom stereocenters. The lowest BCUT2D eigenvalue weighted by molar-refractivity contribution is 0.656. The van der Waals surface area contributed by atoms with Gasteiger partial charge in [0.2, 0.25) is 0 Å². The zero-order valence-electron chi connectivity index (χ0n) is 6.31. The van der Waals surface area contributed by atoms with Crippen LogP contribution < -0.4 is 0 Å². The fourth-order valence-electron chi connectivity index (χ4n) is 0.910. The summed E-state index contributed by atoms with van der Waals surface area (Å²) < 4.78 is 0.863. The zero-order chi connectivity index (χ0) is 8.27. The number of alkyl halides is 1. The lowest BCUT2D eigenvalue weighted by Crippen LogP contribution is -1.99. The second kappa shape index (κ2) is 4.34. The highest BCUT2D eigenvalue weighted by atomic mass is 35.5. The highest BCUT2D eigenvalue weighted by Gasteiger charge is 2.03. The Balaban J connectivity index is 2.50. The highest BCUT2D eigenvalue weighted by molar-refractivity contribution is 7.14. The SMILES string of the molecule is CC(CCl)Cc1csc(Cl)c1. The van der Waals surface area contributed by atoms with Crippen molar-refractivity contribution in [1.29, 1.82) is 0 Å². The van der Waals surface area contributed by atoms with E-state index in [-0.39, 0.29) is 0 Å². The van der Waals surface area contributed by atoms with Gasteiger partial charge in [-0.05, 0) is 29.3 Å². The molecule has 1 unspecified atom stereocenters. The number of hydrogen-bond acceptors (Lipinski definition) is 1. The molecule has 1 aromatic rings. The topological polar surface area (TPSA) is 0 Å². The molecule has 0 aliphatic heterocycles. The van der Waals surface area contributed by atoms with Crippen molar-refractivity contribution in [1.82, 2.24) is 0 Å². The van der Waals surface area contributed by atoms with Crippen molar-refractivity contribution in [3.8, 4) is 0 Å². The van der Waals surface area contributed by atoms with Gasteiger partial charge in [0.25, 0.3) is 0 Å². The van der Waals surface area contributed by atoms with E-state index in [4.69, 9.17) is 23.2 Å². The molecule has 11 heavy (non-hydrogen) atoms. The molecule has 1 heterocycles. The Labute approximate surface area is 81.1 Å². The van der Waals surface area contributed by atoms with Crippen LogP contribution >= 0.6 is 34.5 Å². The maximum Gasteiger partial charge on any atom is 0.0931 e. The number of hydrogen-bond donors (Lipinski definition) is 0. The van der Waals surface area contributed by atoms with Crippen LogP contribution in [0.2, 0.25) is 4.34 Å². The second-order valence-electron chi connectivity index (χ2n) is 2.72. The summed E-state index contributed by atoms with van der Waals surface area (Å²) >= 11 is 13.0. The van der Waals surface area contributed by atoms with Gasteiger partial charge in [0, 0.05) is 5.88 Å². The van der Waals surface area contributed by atoms with E-state index in [9.17, 15) is 0 Å². The van der Waals surface area contributed by atoms with Gasteiger partial charge in [0.05, 0.1) is 4.34 Å². The molecule has 0 aliphatic rings. The van der Waals surface area contributed by atoms with Crippen molar-refractivity contribution in [2.75, 3.05) is 5.88 Å². The second-order valence-corrected chi connectivity index (χ2v) is 4.57. The monoisotopic (exact) mass is 208 g/mol. The van der Waals surface area contributed by atoms with E-state index in [1.54, 1.807) is 11.3 Å². The van der Waals surface area contributed by atoms with Crippen molar-refractivity contribution in [2.24, 2.45) is 5.92 Å². The summed E-state index contributed by atoms with van der Waals surface area (Å²) in [4.78, 5) is 0. The fraction of sp³-hybridized carbons (Fsp3) is 0.500. The summed E-state index contributed by atoms with van der Waals surface area (Å²) in [7, 11) is 0. The van der Waals surface area contributed by atoms with Gasteiger partial charge in [-0.3, -0.25) is 0 Å². The molecule has 0 aliphatic carbocycles. The average Bonchev–Trinajstić information content (AvgIpc) is 2.35. The van der Waals surface area contributed by atoms with Crippen LogP contribution in [0, 0.1) is 5.92 Å². The molecule has 1 rings (SSSR count). The van der Waals surface area contributed by atoms with Gasteiger partial charge in [0.1, 0.15) is 0 Å². The maximum absolute atomic E-state index is 5.77. The Morgan fingerprint density at radius 1 is 1.64 bits per heavy atom. The molecule has 0 saturated carbocycles. The third-order valence-electron chi connectivity index (χ3n) is 1.47. The van der Waals surface area contributed by atoms with Crippen LogP contribution in [-0.4, -0.2) is 5.88 Å². The van der Waals surface area contributed by atoms with Gasteiger partial charge >= 0.3 is 0 Å². The summed E-state index contributed by atoms with van der Waals surface area (Å²) in [5.41, 5.74) is 1.30. The molecule has 0 radical (unpaired) electrons. The third-order valence-corrected chi connectivity index (χ3v) is 3.14. The van der Waals surface area contributed by atoms with Gasteiger partial charge in [-0.2, -0.15) is 0 Å². The van der Waals surface area contributed by atoms with E-state index in [0.29, 0.717) is 11.8 Å². The Morgan fingerprint density at radius 3 is 2.82 bits per heavy atom. The Kier molecular flexibility index (Phi) is 3.70. The predicted octanol–water partition coefficient (Wildman–Crippen LogP) is 3.82. The van der Waals surface area contributed by atoms with Gasteiger partial charge in [0.15, 0.2) is 0 Å². The minimum atomic E-state index is 0.544. The number of thiophene rings is 1. The van der Waals surface area contributed by atoms with Crippen LogP contribution in [0.3, 0.4) is 0 Å². The molecule has 0 bridgehead atoms. The van der Waals surface area contributed by atoms with E-state index in [2.05, 4.69) is 12.3 Å². The van der Waals surface area contributed by atoms with Gasteiger partial charge in [-0.15, -0.1) is 22.9 Å². The quantitative estimate of drug-likeness (QED) is 0.664. The van der Waals surface area contributed by atoms with Crippen molar-refractivity contribution in [3.05, 3.63) is 21.3 Å². The molecule has 0 aromatic carbocycles. The molecule has 0 amide bonds.